The van der Waals surface area contributed by atoms with Crippen molar-refractivity contribution in [2.45, 2.75) is 26.3 Å². The van der Waals surface area contributed by atoms with Crippen LogP contribution in [0.25, 0.3) is 0 Å². The van der Waals surface area contributed by atoms with Gasteiger partial charge in [0.1, 0.15) is 11.6 Å². The van der Waals surface area contributed by atoms with Crippen LogP contribution in [0.15, 0.2) is 36.4 Å². The van der Waals surface area contributed by atoms with Gasteiger partial charge in [0, 0.05) is 11.6 Å². The van der Waals surface area contributed by atoms with E-state index in [0.29, 0.717) is 17.7 Å². The number of aryl methyl sites for hydroxylation is 2. The van der Waals surface area contributed by atoms with Crippen LogP contribution in [0.5, 0.6) is 5.75 Å². The lowest BCUT2D eigenvalue weighted by Gasteiger charge is -2.19. The van der Waals surface area contributed by atoms with E-state index >= 15 is 0 Å². The maximum atomic E-state index is 14.2. The summed E-state index contributed by atoms with van der Waals surface area (Å²) in [6, 6.07) is 10.8. The van der Waals surface area contributed by atoms with Crippen molar-refractivity contribution in [2.75, 3.05) is 7.11 Å². The van der Waals surface area contributed by atoms with E-state index < -0.39 is 0 Å². The van der Waals surface area contributed by atoms with Crippen molar-refractivity contribution in [3.05, 3.63) is 64.5 Å². The molecule has 2 aromatic rings. The van der Waals surface area contributed by atoms with Gasteiger partial charge in [0.05, 0.1) is 13.2 Å². The first-order valence-electron chi connectivity index (χ1n) is 6.91. The van der Waals surface area contributed by atoms with Crippen molar-refractivity contribution < 1.29 is 9.13 Å². The highest BCUT2D eigenvalue weighted by Gasteiger charge is 2.16. The molecule has 0 heterocycles. The number of methoxy groups -OCH3 is 1. The van der Waals surface area contributed by atoms with Crippen molar-refractivity contribution in [1.82, 2.24) is 5.43 Å². The number of nitrogens with one attached hydrogen (secondary N) is 1. The number of ether oxygens (including phenoxy) is 1. The van der Waals surface area contributed by atoms with Crippen LogP contribution in [0.1, 0.15) is 28.3 Å². The molecule has 0 aliphatic rings. The molecule has 0 bridgehead atoms. The Kier molecular flexibility index (Phi) is 4.94. The van der Waals surface area contributed by atoms with E-state index in [-0.39, 0.29) is 11.9 Å². The molecule has 1 atom stereocenters. The van der Waals surface area contributed by atoms with E-state index in [1.54, 1.807) is 12.1 Å². The van der Waals surface area contributed by atoms with Crippen molar-refractivity contribution in [2.24, 2.45) is 5.84 Å². The summed E-state index contributed by atoms with van der Waals surface area (Å²) in [7, 11) is 1.52. The zero-order valence-corrected chi connectivity index (χ0v) is 12.6. The predicted octanol–water partition coefficient (Wildman–Crippen LogP) is 3.20. The van der Waals surface area contributed by atoms with Crippen molar-refractivity contribution >= 4 is 0 Å². The van der Waals surface area contributed by atoms with E-state index in [2.05, 4.69) is 23.6 Å². The van der Waals surface area contributed by atoms with Crippen molar-refractivity contribution in [1.29, 1.82) is 0 Å². The van der Waals surface area contributed by atoms with Crippen LogP contribution >= 0.6 is 0 Å². The number of hydrogen-bond acceptors (Lipinski definition) is 3. The Hall–Kier alpha value is -1.91. The first-order valence-corrected chi connectivity index (χ1v) is 6.91. The monoisotopic (exact) mass is 288 g/mol. The fraction of sp³-hybridized carbons (Fsp3) is 0.294. The van der Waals surface area contributed by atoms with Crippen molar-refractivity contribution in [3.63, 3.8) is 0 Å². The summed E-state index contributed by atoms with van der Waals surface area (Å²) in [6.45, 7) is 4.09. The molecule has 0 saturated heterocycles. The van der Waals surface area contributed by atoms with Gasteiger partial charge in [0.15, 0.2) is 0 Å². The predicted molar refractivity (Wildman–Crippen MR) is 82.6 cm³/mol. The second-order valence-corrected chi connectivity index (χ2v) is 5.24. The summed E-state index contributed by atoms with van der Waals surface area (Å²) >= 11 is 0. The number of rotatable bonds is 5. The van der Waals surface area contributed by atoms with E-state index in [0.717, 1.165) is 5.56 Å². The van der Waals surface area contributed by atoms with Gasteiger partial charge in [-0.15, -0.1) is 0 Å². The highest BCUT2D eigenvalue weighted by Crippen LogP contribution is 2.25. The van der Waals surface area contributed by atoms with E-state index in [4.69, 9.17) is 10.6 Å². The molecule has 4 heteroatoms. The number of benzene rings is 2. The Morgan fingerprint density at radius 1 is 1.19 bits per heavy atom. The smallest absolute Gasteiger partial charge is 0.131 e. The molecule has 0 fully saturated rings. The number of hydrogen-bond donors (Lipinski definition) is 2. The molecule has 0 saturated carbocycles. The summed E-state index contributed by atoms with van der Waals surface area (Å²) in [4.78, 5) is 0. The topological polar surface area (TPSA) is 47.3 Å². The van der Waals surface area contributed by atoms with Gasteiger partial charge in [0.2, 0.25) is 0 Å². The van der Waals surface area contributed by atoms with E-state index in [9.17, 15) is 4.39 Å². The van der Waals surface area contributed by atoms with Crippen LogP contribution in [-0.4, -0.2) is 7.11 Å². The highest BCUT2D eigenvalue weighted by atomic mass is 19.1. The van der Waals surface area contributed by atoms with Gasteiger partial charge in [-0.2, -0.15) is 0 Å². The SMILES string of the molecule is COc1ccc(C(Cc2cc(C)ccc2C)NN)c(F)c1. The molecule has 2 rings (SSSR count). The van der Waals surface area contributed by atoms with Crippen LogP contribution in [0.3, 0.4) is 0 Å². The molecule has 0 aliphatic carbocycles. The van der Waals surface area contributed by atoms with Gasteiger partial charge in [-0.05, 0) is 37.5 Å². The third-order valence-electron chi connectivity index (χ3n) is 3.71. The van der Waals surface area contributed by atoms with Crippen LogP contribution < -0.4 is 16.0 Å². The first kappa shape index (κ1) is 15.5. The Labute approximate surface area is 124 Å². The summed E-state index contributed by atoms with van der Waals surface area (Å²) in [5.41, 5.74) is 6.77. The second-order valence-electron chi connectivity index (χ2n) is 5.24. The van der Waals surface area contributed by atoms with Crippen LogP contribution in [-0.2, 0) is 6.42 Å². The molecule has 0 spiro atoms. The molecule has 3 nitrogen and oxygen atoms in total. The summed E-state index contributed by atoms with van der Waals surface area (Å²) in [5.74, 6) is 5.81. The third-order valence-corrected chi connectivity index (χ3v) is 3.71. The molecular weight excluding hydrogens is 267 g/mol. The van der Waals surface area contributed by atoms with E-state index in [1.807, 2.05) is 13.8 Å². The molecule has 0 aliphatic heterocycles. The Balaban J connectivity index is 2.29. The van der Waals surface area contributed by atoms with Crippen LogP contribution in [0.2, 0.25) is 0 Å². The average Bonchev–Trinajstić information content (AvgIpc) is 2.48. The standard InChI is InChI=1S/C17H21FN2O/c1-11-4-5-12(2)13(8-11)9-17(20-19)15-7-6-14(21-3)10-16(15)18/h4-8,10,17,20H,9,19H2,1-3H3. The molecular formula is C17H21FN2O. The third kappa shape index (κ3) is 3.60. The molecule has 0 amide bonds. The van der Waals surface area contributed by atoms with E-state index in [1.165, 1.54) is 24.3 Å². The lowest BCUT2D eigenvalue weighted by molar-refractivity contribution is 0.409. The van der Waals surface area contributed by atoms with Gasteiger partial charge in [0.25, 0.3) is 0 Å². The average molecular weight is 288 g/mol. The molecule has 1 unspecified atom stereocenters. The molecule has 0 radical (unpaired) electrons. The van der Waals surface area contributed by atoms with Gasteiger partial charge >= 0.3 is 0 Å². The van der Waals surface area contributed by atoms with Crippen LogP contribution in [0.4, 0.5) is 4.39 Å². The van der Waals surface area contributed by atoms with Gasteiger partial charge in [-0.1, -0.05) is 29.8 Å². The molecule has 112 valence electrons. The van der Waals surface area contributed by atoms with Crippen molar-refractivity contribution in [3.8, 4) is 5.75 Å². The maximum absolute atomic E-state index is 14.2. The van der Waals surface area contributed by atoms with Gasteiger partial charge < -0.3 is 4.74 Å². The molecule has 2 aromatic carbocycles. The number of hydrazine groups is 1. The summed E-state index contributed by atoms with van der Waals surface area (Å²) in [5, 5.41) is 0. The minimum absolute atomic E-state index is 0.281. The number of halogens is 1. The lowest BCUT2D eigenvalue weighted by Crippen LogP contribution is -2.30. The molecule has 21 heavy (non-hydrogen) atoms. The largest absolute Gasteiger partial charge is 0.497 e. The van der Waals surface area contributed by atoms with Crippen LogP contribution in [0, 0.1) is 19.7 Å². The number of nitrogens with two attached hydrogens (primary N) is 1. The summed E-state index contributed by atoms with van der Waals surface area (Å²) < 4.78 is 19.2. The maximum Gasteiger partial charge on any atom is 0.131 e. The molecule has 0 aromatic heterocycles. The highest BCUT2D eigenvalue weighted by molar-refractivity contribution is 5.35. The van der Waals surface area contributed by atoms with Gasteiger partial charge in [-0.3, -0.25) is 11.3 Å². The second kappa shape index (κ2) is 6.70. The first-order chi connectivity index (χ1) is 10.0. The normalized spacial score (nSPS) is 12.2. The Bertz CT molecular complexity index is 628. The van der Waals surface area contributed by atoms with Gasteiger partial charge in [-0.25, -0.2) is 4.39 Å². The quantitative estimate of drug-likeness (QED) is 0.656. The minimum Gasteiger partial charge on any atom is -0.497 e. The fourth-order valence-corrected chi connectivity index (χ4v) is 2.42. The fourth-order valence-electron chi connectivity index (χ4n) is 2.42. The lowest BCUT2D eigenvalue weighted by atomic mass is 9.95. The summed E-state index contributed by atoms with van der Waals surface area (Å²) in [6.07, 6.45) is 0.632. The Morgan fingerprint density at radius 2 is 1.95 bits per heavy atom. The minimum atomic E-state index is -0.317. The molecule has 3 N–H and O–H groups in total. The zero-order valence-electron chi connectivity index (χ0n) is 12.6. The zero-order chi connectivity index (χ0) is 15.4. The Morgan fingerprint density at radius 3 is 2.57 bits per heavy atom.